The fourth-order valence-corrected chi connectivity index (χ4v) is 3.33. The number of ether oxygens (including phenoxy) is 1. The van der Waals surface area contributed by atoms with E-state index in [0.717, 1.165) is 12.0 Å². The fourth-order valence-electron chi connectivity index (χ4n) is 3.33. The number of hydrogen-bond acceptors (Lipinski definition) is 4. The summed E-state index contributed by atoms with van der Waals surface area (Å²) in [5.41, 5.74) is 0.494. The molecule has 0 aliphatic heterocycles. The SMILES string of the molecule is CC(C)(C)OC(=O)CCC1C[C@@H](C(=O)O)[C@H](c2cccnc2)C1. The molecule has 5 nitrogen and oxygen atoms in total. The van der Waals surface area contributed by atoms with E-state index in [-0.39, 0.29) is 17.8 Å². The molecule has 0 spiro atoms. The third-order valence-corrected chi connectivity index (χ3v) is 4.27. The maximum Gasteiger partial charge on any atom is 0.307 e. The Morgan fingerprint density at radius 2 is 2.09 bits per heavy atom. The molecule has 1 fully saturated rings. The number of carboxylic acid groups (broad SMARTS) is 1. The Labute approximate surface area is 137 Å². The number of nitrogens with zero attached hydrogens (tertiary/aromatic N) is 1. The van der Waals surface area contributed by atoms with Crippen LogP contribution in [0.4, 0.5) is 0 Å². The Hall–Kier alpha value is -1.91. The smallest absolute Gasteiger partial charge is 0.307 e. The lowest BCUT2D eigenvalue weighted by atomic mass is 9.90. The van der Waals surface area contributed by atoms with E-state index in [1.54, 1.807) is 12.4 Å². The van der Waals surface area contributed by atoms with Crippen molar-refractivity contribution in [3.8, 4) is 0 Å². The fraction of sp³-hybridized carbons (Fsp3) is 0.611. The summed E-state index contributed by atoms with van der Waals surface area (Å²) in [7, 11) is 0. The van der Waals surface area contributed by atoms with E-state index >= 15 is 0 Å². The molecule has 1 saturated carbocycles. The summed E-state index contributed by atoms with van der Waals surface area (Å²) in [4.78, 5) is 27.5. The summed E-state index contributed by atoms with van der Waals surface area (Å²) in [6, 6.07) is 3.77. The standard InChI is InChI=1S/C18H25NO4/c1-18(2,3)23-16(20)7-6-12-9-14(15(10-12)17(21)22)13-5-4-8-19-11-13/h4-5,8,11-12,14-15H,6-7,9-10H2,1-3H3,(H,21,22)/t12?,14-,15+/m0/s1. The summed E-state index contributed by atoms with van der Waals surface area (Å²) in [5.74, 6) is -1.17. The first kappa shape index (κ1) is 17.4. The van der Waals surface area contributed by atoms with Gasteiger partial charge in [0.05, 0.1) is 5.92 Å². The summed E-state index contributed by atoms with van der Waals surface area (Å²) in [5, 5.41) is 9.48. The molecule has 0 radical (unpaired) electrons. The highest BCUT2D eigenvalue weighted by Crippen LogP contribution is 2.44. The molecule has 1 aliphatic rings. The number of carbonyl (C=O) groups is 2. The van der Waals surface area contributed by atoms with Crippen molar-refractivity contribution in [1.29, 1.82) is 0 Å². The Morgan fingerprint density at radius 3 is 2.65 bits per heavy atom. The van der Waals surface area contributed by atoms with E-state index < -0.39 is 17.5 Å². The molecule has 0 amide bonds. The van der Waals surface area contributed by atoms with Crippen LogP contribution in [0, 0.1) is 11.8 Å². The lowest BCUT2D eigenvalue weighted by molar-refractivity contribution is -0.155. The van der Waals surface area contributed by atoms with Gasteiger partial charge in [0.2, 0.25) is 0 Å². The van der Waals surface area contributed by atoms with Crippen LogP contribution in [-0.4, -0.2) is 27.6 Å². The molecule has 126 valence electrons. The van der Waals surface area contributed by atoms with E-state index in [1.807, 2.05) is 32.9 Å². The van der Waals surface area contributed by atoms with Crippen molar-refractivity contribution in [3.05, 3.63) is 30.1 Å². The molecular formula is C18H25NO4. The first-order valence-corrected chi connectivity index (χ1v) is 8.11. The zero-order chi connectivity index (χ0) is 17.0. The molecule has 1 aromatic rings. The predicted octanol–water partition coefficient (Wildman–Crippen LogP) is 3.40. The highest BCUT2D eigenvalue weighted by molar-refractivity contribution is 5.72. The van der Waals surface area contributed by atoms with Crippen LogP contribution in [0.2, 0.25) is 0 Å². The van der Waals surface area contributed by atoms with E-state index in [4.69, 9.17) is 4.74 Å². The second-order valence-electron chi connectivity index (χ2n) is 7.30. The molecule has 1 aromatic heterocycles. The van der Waals surface area contributed by atoms with Gasteiger partial charge in [-0.25, -0.2) is 0 Å². The number of carboxylic acids is 1. The van der Waals surface area contributed by atoms with Crippen molar-refractivity contribution in [2.45, 2.75) is 58.0 Å². The Bertz CT molecular complexity index is 550. The molecule has 23 heavy (non-hydrogen) atoms. The number of aliphatic carboxylic acids is 1. The zero-order valence-corrected chi connectivity index (χ0v) is 14.0. The third kappa shape index (κ3) is 5.05. The second-order valence-corrected chi connectivity index (χ2v) is 7.30. The van der Waals surface area contributed by atoms with Crippen LogP contribution in [0.3, 0.4) is 0 Å². The van der Waals surface area contributed by atoms with E-state index in [9.17, 15) is 14.7 Å². The highest BCUT2D eigenvalue weighted by Gasteiger charge is 2.39. The van der Waals surface area contributed by atoms with Gasteiger partial charge < -0.3 is 9.84 Å². The largest absolute Gasteiger partial charge is 0.481 e. The van der Waals surface area contributed by atoms with Gasteiger partial charge in [0.1, 0.15) is 5.60 Å². The van der Waals surface area contributed by atoms with Gasteiger partial charge in [-0.3, -0.25) is 14.6 Å². The molecule has 0 aromatic carbocycles. The van der Waals surface area contributed by atoms with Crippen LogP contribution in [-0.2, 0) is 14.3 Å². The number of esters is 1. The Morgan fingerprint density at radius 1 is 1.35 bits per heavy atom. The van der Waals surface area contributed by atoms with Crippen LogP contribution in [0.25, 0.3) is 0 Å². The summed E-state index contributed by atoms with van der Waals surface area (Å²) < 4.78 is 5.32. The van der Waals surface area contributed by atoms with E-state index in [0.29, 0.717) is 19.3 Å². The topological polar surface area (TPSA) is 76.5 Å². The number of pyridine rings is 1. The van der Waals surface area contributed by atoms with Crippen molar-refractivity contribution < 1.29 is 19.4 Å². The minimum atomic E-state index is -0.765. The summed E-state index contributed by atoms with van der Waals surface area (Å²) in [6.07, 6.45) is 5.84. The highest BCUT2D eigenvalue weighted by atomic mass is 16.6. The zero-order valence-electron chi connectivity index (χ0n) is 14.0. The maximum absolute atomic E-state index is 11.8. The molecule has 5 heteroatoms. The monoisotopic (exact) mass is 319 g/mol. The van der Waals surface area contributed by atoms with Gasteiger partial charge in [0.25, 0.3) is 0 Å². The molecule has 2 rings (SSSR count). The normalized spacial score (nSPS) is 24.4. The van der Waals surface area contributed by atoms with E-state index in [1.165, 1.54) is 0 Å². The van der Waals surface area contributed by atoms with Crippen molar-refractivity contribution >= 4 is 11.9 Å². The van der Waals surface area contributed by atoms with Gasteiger partial charge >= 0.3 is 11.9 Å². The molecule has 1 unspecified atom stereocenters. The number of hydrogen-bond donors (Lipinski definition) is 1. The van der Waals surface area contributed by atoms with Crippen LogP contribution in [0.15, 0.2) is 24.5 Å². The minimum Gasteiger partial charge on any atom is -0.481 e. The molecule has 3 atom stereocenters. The van der Waals surface area contributed by atoms with Gasteiger partial charge in [0.15, 0.2) is 0 Å². The third-order valence-electron chi connectivity index (χ3n) is 4.27. The molecule has 1 heterocycles. The lowest BCUT2D eigenvalue weighted by Crippen LogP contribution is -2.24. The van der Waals surface area contributed by atoms with Crippen molar-refractivity contribution in [3.63, 3.8) is 0 Å². The van der Waals surface area contributed by atoms with Gasteiger partial charge in [-0.1, -0.05) is 6.07 Å². The van der Waals surface area contributed by atoms with Gasteiger partial charge in [0, 0.05) is 18.8 Å². The van der Waals surface area contributed by atoms with E-state index in [2.05, 4.69) is 4.98 Å². The number of aromatic nitrogens is 1. The molecule has 1 N–H and O–H groups in total. The first-order valence-electron chi connectivity index (χ1n) is 8.11. The van der Waals surface area contributed by atoms with Gasteiger partial charge in [-0.05, 0) is 63.5 Å². The summed E-state index contributed by atoms with van der Waals surface area (Å²) in [6.45, 7) is 5.54. The Kier molecular flexibility index (Phi) is 5.39. The molecule has 0 bridgehead atoms. The number of rotatable bonds is 5. The van der Waals surface area contributed by atoms with Crippen molar-refractivity contribution in [2.24, 2.45) is 11.8 Å². The van der Waals surface area contributed by atoms with Crippen LogP contribution >= 0.6 is 0 Å². The average Bonchev–Trinajstić information content (AvgIpc) is 2.89. The number of carbonyl (C=O) groups excluding carboxylic acids is 1. The van der Waals surface area contributed by atoms with Crippen LogP contribution in [0.1, 0.15) is 57.9 Å². The molecular weight excluding hydrogens is 294 g/mol. The van der Waals surface area contributed by atoms with Crippen LogP contribution < -0.4 is 0 Å². The Balaban J connectivity index is 1.95. The lowest BCUT2D eigenvalue weighted by Gasteiger charge is -2.20. The van der Waals surface area contributed by atoms with Crippen LogP contribution in [0.5, 0.6) is 0 Å². The van der Waals surface area contributed by atoms with Gasteiger partial charge in [-0.15, -0.1) is 0 Å². The maximum atomic E-state index is 11.8. The molecule has 1 aliphatic carbocycles. The van der Waals surface area contributed by atoms with Gasteiger partial charge in [-0.2, -0.15) is 0 Å². The summed E-state index contributed by atoms with van der Waals surface area (Å²) >= 11 is 0. The van der Waals surface area contributed by atoms with Crippen molar-refractivity contribution in [2.75, 3.05) is 0 Å². The predicted molar refractivity (Wildman–Crippen MR) is 85.9 cm³/mol. The average molecular weight is 319 g/mol. The first-order chi connectivity index (χ1) is 10.8. The molecule has 0 saturated heterocycles. The second kappa shape index (κ2) is 7.11. The minimum absolute atomic E-state index is 0.0233. The quantitative estimate of drug-likeness (QED) is 0.842. The van der Waals surface area contributed by atoms with Crippen molar-refractivity contribution in [1.82, 2.24) is 4.98 Å².